The van der Waals surface area contributed by atoms with Crippen LogP contribution in [0.5, 0.6) is 0 Å². The zero-order valence-corrected chi connectivity index (χ0v) is 13.4. The smallest absolute Gasteiger partial charge is 0.252 e. The van der Waals surface area contributed by atoms with Crippen LogP contribution in [-0.2, 0) is 6.54 Å². The third-order valence-corrected chi connectivity index (χ3v) is 3.70. The molecule has 2 aromatic heterocycles. The van der Waals surface area contributed by atoms with Crippen LogP contribution in [0.3, 0.4) is 0 Å². The summed E-state index contributed by atoms with van der Waals surface area (Å²) in [5.74, 6) is -3.31. The predicted octanol–water partition coefficient (Wildman–Crippen LogP) is 3.75. The maximum Gasteiger partial charge on any atom is 0.252 e. The summed E-state index contributed by atoms with van der Waals surface area (Å²) in [6.45, 7) is 2.47. The Morgan fingerprint density at radius 2 is 1.88 bits per heavy atom. The number of pyridine rings is 1. The van der Waals surface area contributed by atoms with Gasteiger partial charge in [-0.05, 0) is 12.5 Å². The minimum atomic E-state index is -1.10. The number of aromatic nitrogens is 3. The Balaban J connectivity index is 2.05. The highest BCUT2D eigenvalue weighted by Crippen LogP contribution is 2.23. The second kappa shape index (κ2) is 6.92. The Kier molecular flexibility index (Phi) is 4.69. The molecule has 0 atom stereocenters. The number of nitrogens with zero attached hydrogens (tertiary/aromatic N) is 3. The maximum atomic E-state index is 13.8. The predicted molar refractivity (Wildman–Crippen MR) is 88.3 cm³/mol. The molecule has 0 amide bonds. The lowest BCUT2D eigenvalue weighted by molar-refractivity contribution is 0.548. The summed E-state index contributed by atoms with van der Waals surface area (Å²) in [7, 11) is 0. The van der Waals surface area contributed by atoms with E-state index in [-0.39, 0.29) is 11.5 Å². The van der Waals surface area contributed by atoms with Crippen molar-refractivity contribution in [2.24, 2.45) is 0 Å². The molecular weight excluding hydrogens is 333 g/mol. The standard InChI is InChI=1S/C17H15F3N4O/c1-2-3-6-24-14(25)5-4-10-9-21-17(23-16(10)24)22-15-12(19)7-11(18)8-13(15)20/h4-5,7-9H,2-3,6H2,1H3,(H,21,22,23). The first-order chi connectivity index (χ1) is 12.0. The average molecular weight is 348 g/mol. The summed E-state index contributed by atoms with van der Waals surface area (Å²) in [5.41, 5.74) is -0.412. The van der Waals surface area contributed by atoms with Crippen molar-refractivity contribution in [1.29, 1.82) is 0 Å². The second-order valence-electron chi connectivity index (χ2n) is 5.52. The van der Waals surface area contributed by atoms with Crippen molar-refractivity contribution in [2.75, 3.05) is 5.32 Å². The number of anilines is 2. The molecule has 3 aromatic rings. The number of hydrogen-bond acceptors (Lipinski definition) is 4. The zero-order valence-electron chi connectivity index (χ0n) is 13.4. The third kappa shape index (κ3) is 3.47. The molecule has 0 aliphatic carbocycles. The van der Waals surface area contributed by atoms with E-state index in [0.717, 1.165) is 12.8 Å². The second-order valence-corrected chi connectivity index (χ2v) is 5.52. The van der Waals surface area contributed by atoms with Crippen LogP contribution in [0, 0.1) is 17.5 Å². The number of aryl methyl sites for hydroxylation is 1. The van der Waals surface area contributed by atoms with Gasteiger partial charge in [-0.2, -0.15) is 4.98 Å². The van der Waals surface area contributed by atoms with E-state index in [0.29, 0.717) is 29.7 Å². The Bertz CT molecular complexity index is 964. The molecule has 0 fully saturated rings. The van der Waals surface area contributed by atoms with Crippen molar-refractivity contribution in [3.63, 3.8) is 0 Å². The monoisotopic (exact) mass is 348 g/mol. The van der Waals surface area contributed by atoms with Crippen LogP contribution in [0.25, 0.3) is 11.0 Å². The van der Waals surface area contributed by atoms with Gasteiger partial charge in [0.25, 0.3) is 5.56 Å². The van der Waals surface area contributed by atoms with Crippen LogP contribution in [-0.4, -0.2) is 14.5 Å². The van der Waals surface area contributed by atoms with E-state index in [1.54, 1.807) is 6.07 Å². The Morgan fingerprint density at radius 3 is 2.56 bits per heavy atom. The van der Waals surface area contributed by atoms with Crippen LogP contribution in [0.1, 0.15) is 19.8 Å². The fraction of sp³-hybridized carbons (Fsp3) is 0.235. The fourth-order valence-corrected chi connectivity index (χ4v) is 2.44. The Morgan fingerprint density at radius 1 is 1.16 bits per heavy atom. The maximum absolute atomic E-state index is 13.8. The molecule has 1 aromatic carbocycles. The Hall–Kier alpha value is -2.90. The number of benzene rings is 1. The molecule has 0 saturated heterocycles. The van der Waals surface area contributed by atoms with E-state index in [4.69, 9.17) is 0 Å². The SMILES string of the molecule is CCCCn1c(=O)ccc2cnc(Nc3c(F)cc(F)cc3F)nc21. The molecule has 0 aliphatic rings. The molecule has 0 saturated carbocycles. The van der Waals surface area contributed by atoms with E-state index in [2.05, 4.69) is 15.3 Å². The molecule has 0 spiro atoms. The van der Waals surface area contributed by atoms with Gasteiger partial charge in [-0.15, -0.1) is 0 Å². The van der Waals surface area contributed by atoms with Crippen LogP contribution in [0.15, 0.2) is 35.3 Å². The average Bonchev–Trinajstić information content (AvgIpc) is 2.57. The zero-order chi connectivity index (χ0) is 18.0. The highest BCUT2D eigenvalue weighted by Gasteiger charge is 2.14. The minimum Gasteiger partial charge on any atom is -0.319 e. The molecule has 0 aliphatic heterocycles. The molecule has 1 N–H and O–H groups in total. The molecule has 2 heterocycles. The number of rotatable bonds is 5. The molecule has 3 rings (SSSR count). The number of halogens is 3. The quantitative estimate of drug-likeness (QED) is 0.763. The van der Waals surface area contributed by atoms with Gasteiger partial charge in [0.2, 0.25) is 5.95 Å². The number of fused-ring (bicyclic) bond motifs is 1. The molecule has 0 bridgehead atoms. The highest BCUT2D eigenvalue weighted by atomic mass is 19.1. The van der Waals surface area contributed by atoms with Gasteiger partial charge in [0, 0.05) is 36.3 Å². The van der Waals surface area contributed by atoms with Gasteiger partial charge in [-0.25, -0.2) is 18.2 Å². The minimum absolute atomic E-state index is 0.0900. The number of nitrogens with one attached hydrogen (secondary N) is 1. The number of unbranched alkanes of at least 4 members (excludes halogenated alkanes) is 1. The van der Waals surface area contributed by atoms with Crippen LogP contribution in [0.4, 0.5) is 24.8 Å². The van der Waals surface area contributed by atoms with Gasteiger partial charge in [0.1, 0.15) is 17.2 Å². The van der Waals surface area contributed by atoms with E-state index in [1.165, 1.54) is 16.8 Å². The molecule has 25 heavy (non-hydrogen) atoms. The largest absolute Gasteiger partial charge is 0.319 e. The van der Waals surface area contributed by atoms with E-state index >= 15 is 0 Å². The van der Waals surface area contributed by atoms with Crippen molar-refractivity contribution < 1.29 is 13.2 Å². The van der Waals surface area contributed by atoms with Gasteiger partial charge in [0.15, 0.2) is 11.6 Å². The first kappa shape index (κ1) is 16.9. The first-order valence-electron chi connectivity index (χ1n) is 7.77. The molecule has 5 nitrogen and oxygen atoms in total. The summed E-state index contributed by atoms with van der Waals surface area (Å²) < 4.78 is 42.0. The molecule has 130 valence electrons. The van der Waals surface area contributed by atoms with E-state index < -0.39 is 23.1 Å². The van der Waals surface area contributed by atoms with Gasteiger partial charge in [0.05, 0.1) is 0 Å². The third-order valence-electron chi connectivity index (χ3n) is 3.70. The lowest BCUT2D eigenvalue weighted by Gasteiger charge is -2.11. The summed E-state index contributed by atoms with van der Waals surface area (Å²) in [6.07, 6.45) is 3.13. The topological polar surface area (TPSA) is 59.8 Å². The molecule has 8 heteroatoms. The van der Waals surface area contributed by atoms with Crippen LogP contribution in [0.2, 0.25) is 0 Å². The van der Waals surface area contributed by atoms with Crippen molar-refractivity contribution in [2.45, 2.75) is 26.3 Å². The number of hydrogen-bond donors (Lipinski definition) is 1. The fourth-order valence-electron chi connectivity index (χ4n) is 2.44. The van der Waals surface area contributed by atoms with Gasteiger partial charge in [-0.1, -0.05) is 13.3 Å². The normalized spacial score (nSPS) is 11.0. The first-order valence-corrected chi connectivity index (χ1v) is 7.77. The molecule has 0 unspecified atom stereocenters. The van der Waals surface area contributed by atoms with E-state index in [9.17, 15) is 18.0 Å². The summed E-state index contributed by atoms with van der Waals surface area (Å²) in [6, 6.07) is 4.13. The van der Waals surface area contributed by atoms with Crippen molar-refractivity contribution >= 4 is 22.7 Å². The van der Waals surface area contributed by atoms with Gasteiger partial charge >= 0.3 is 0 Å². The lowest BCUT2D eigenvalue weighted by atomic mass is 10.2. The van der Waals surface area contributed by atoms with Crippen molar-refractivity contribution in [3.05, 3.63) is 58.3 Å². The van der Waals surface area contributed by atoms with Crippen molar-refractivity contribution in [3.8, 4) is 0 Å². The van der Waals surface area contributed by atoms with Crippen LogP contribution < -0.4 is 10.9 Å². The van der Waals surface area contributed by atoms with E-state index in [1.807, 2.05) is 6.92 Å². The lowest BCUT2D eigenvalue weighted by Crippen LogP contribution is -2.20. The summed E-state index contributed by atoms with van der Waals surface area (Å²) in [4.78, 5) is 20.3. The van der Waals surface area contributed by atoms with Gasteiger partial charge in [-0.3, -0.25) is 9.36 Å². The van der Waals surface area contributed by atoms with Crippen LogP contribution >= 0.6 is 0 Å². The Labute approximate surface area is 141 Å². The van der Waals surface area contributed by atoms with Gasteiger partial charge < -0.3 is 5.32 Å². The summed E-state index contributed by atoms with van der Waals surface area (Å²) >= 11 is 0. The molecular formula is C17H15F3N4O. The molecule has 0 radical (unpaired) electrons. The summed E-state index contributed by atoms with van der Waals surface area (Å²) in [5, 5.41) is 3.03. The van der Waals surface area contributed by atoms with Crippen molar-refractivity contribution in [1.82, 2.24) is 14.5 Å². The highest BCUT2D eigenvalue weighted by molar-refractivity contribution is 5.75.